The molecular weight excluding hydrogens is 420 g/mol. The zero-order valence-electron chi connectivity index (χ0n) is 18.0. The molecule has 0 aromatic heterocycles. The van der Waals surface area contributed by atoms with Crippen LogP contribution < -0.4 is 14.4 Å². The molecule has 0 saturated heterocycles. The summed E-state index contributed by atoms with van der Waals surface area (Å²) in [5.41, 5.74) is 1.03. The molecule has 3 rings (SSSR count). The van der Waals surface area contributed by atoms with Gasteiger partial charge in [-0.25, -0.2) is 13.2 Å². The molecular formula is C22H26N2O6S. The zero-order chi connectivity index (χ0) is 22.8. The van der Waals surface area contributed by atoms with Crippen LogP contribution in [0, 0.1) is 0 Å². The smallest absolute Gasteiger partial charge is 0.342 e. The van der Waals surface area contributed by atoms with Gasteiger partial charge in [-0.3, -0.25) is 9.10 Å². The molecule has 0 bridgehead atoms. The van der Waals surface area contributed by atoms with Crippen molar-refractivity contribution in [2.45, 2.75) is 37.6 Å². The summed E-state index contributed by atoms with van der Waals surface area (Å²) in [6.45, 7) is 5.25. The molecule has 1 aliphatic rings. The summed E-state index contributed by atoms with van der Waals surface area (Å²) in [7, 11) is -2.53. The number of anilines is 1. The van der Waals surface area contributed by atoms with E-state index in [9.17, 15) is 18.0 Å². The molecule has 1 aliphatic heterocycles. The van der Waals surface area contributed by atoms with E-state index in [1.165, 1.54) is 29.6 Å². The normalized spacial score (nSPS) is 13.5. The highest BCUT2D eigenvalue weighted by atomic mass is 32.2. The second kappa shape index (κ2) is 8.58. The van der Waals surface area contributed by atoms with Crippen LogP contribution in [0.4, 0.5) is 5.69 Å². The summed E-state index contributed by atoms with van der Waals surface area (Å²) in [5.74, 6) is -1.15. The van der Waals surface area contributed by atoms with Gasteiger partial charge in [-0.15, -0.1) is 0 Å². The number of methoxy groups -OCH3 is 1. The number of ether oxygens (including phenoxy) is 2. The number of benzene rings is 2. The molecule has 0 aliphatic carbocycles. The Morgan fingerprint density at radius 3 is 2.52 bits per heavy atom. The number of sulfonamides is 1. The fourth-order valence-corrected chi connectivity index (χ4v) is 4.89. The van der Waals surface area contributed by atoms with E-state index in [-0.39, 0.29) is 16.2 Å². The van der Waals surface area contributed by atoms with Gasteiger partial charge in [0.2, 0.25) is 0 Å². The van der Waals surface area contributed by atoms with Crippen molar-refractivity contribution < 1.29 is 27.5 Å². The summed E-state index contributed by atoms with van der Waals surface area (Å²) in [6.07, 6.45) is 0.614. The highest BCUT2D eigenvalue weighted by Crippen LogP contribution is 2.34. The maximum atomic E-state index is 13.3. The lowest BCUT2D eigenvalue weighted by Crippen LogP contribution is -2.42. The molecule has 0 atom stereocenters. The van der Waals surface area contributed by atoms with Crippen molar-refractivity contribution in [3.63, 3.8) is 0 Å². The Morgan fingerprint density at radius 2 is 1.84 bits per heavy atom. The third kappa shape index (κ3) is 4.99. The topological polar surface area (TPSA) is 102 Å². The maximum Gasteiger partial charge on any atom is 0.342 e. The van der Waals surface area contributed by atoms with E-state index >= 15 is 0 Å². The van der Waals surface area contributed by atoms with Crippen LogP contribution in [0.5, 0.6) is 5.75 Å². The van der Waals surface area contributed by atoms with Crippen molar-refractivity contribution in [2.24, 2.45) is 0 Å². The number of amides is 1. The van der Waals surface area contributed by atoms with Gasteiger partial charge in [0.05, 0.1) is 17.7 Å². The minimum absolute atomic E-state index is 0.0592. The maximum absolute atomic E-state index is 13.3. The average molecular weight is 447 g/mol. The van der Waals surface area contributed by atoms with E-state index in [2.05, 4.69) is 5.32 Å². The Morgan fingerprint density at radius 1 is 1.13 bits per heavy atom. The molecule has 1 amide bonds. The fourth-order valence-electron chi connectivity index (χ4n) is 3.36. The number of fused-ring (bicyclic) bond motifs is 1. The van der Waals surface area contributed by atoms with Crippen LogP contribution in [0.1, 0.15) is 36.7 Å². The molecule has 0 radical (unpaired) electrons. The number of hydrogen-bond donors (Lipinski definition) is 1. The van der Waals surface area contributed by atoms with Gasteiger partial charge >= 0.3 is 5.97 Å². The Bertz CT molecular complexity index is 1110. The first-order valence-corrected chi connectivity index (χ1v) is 11.2. The van der Waals surface area contributed by atoms with Crippen molar-refractivity contribution in [2.75, 3.05) is 24.6 Å². The van der Waals surface area contributed by atoms with Gasteiger partial charge in [0.15, 0.2) is 6.61 Å². The Kier molecular flexibility index (Phi) is 6.26. The third-order valence-corrected chi connectivity index (χ3v) is 6.48. The van der Waals surface area contributed by atoms with Crippen molar-refractivity contribution in [3.05, 3.63) is 53.6 Å². The molecule has 31 heavy (non-hydrogen) atoms. The summed E-state index contributed by atoms with van der Waals surface area (Å²) in [4.78, 5) is 24.5. The van der Waals surface area contributed by atoms with Crippen LogP contribution in [0.3, 0.4) is 0 Å². The first kappa shape index (κ1) is 22.6. The predicted molar refractivity (Wildman–Crippen MR) is 116 cm³/mol. The lowest BCUT2D eigenvalue weighted by molar-refractivity contribution is -0.125. The summed E-state index contributed by atoms with van der Waals surface area (Å²) < 4.78 is 38.1. The van der Waals surface area contributed by atoms with Crippen LogP contribution in [0.25, 0.3) is 0 Å². The van der Waals surface area contributed by atoms with E-state index in [0.717, 1.165) is 5.56 Å². The first-order chi connectivity index (χ1) is 14.5. The minimum Gasteiger partial charge on any atom is -0.496 e. The number of nitrogens with one attached hydrogen (secondary N) is 1. The first-order valence-electron chi connectivity index (χ1n) is 9.80. The highest BCUT2D eigenvalue weighted by Gasteiger charge is 2.32. The van der Waals surface area contributed by atoms with Crippen LogP contribution in [-0.2, 0) is 26.0 Å². The SMILES string of the molecule is COc1ccc(S(=O)(=O)N2CCc3ccccc32)cc1C(=O)OCC(=O)NC(C)(C)C. The second-order valence-electron chi connectivity index (χ2n) is 8.19. The summed E-state index contributed by atoms with van der Waals surface area (Å²) in [6, 6.07) is 11.3. The number of hydrogen-bond acceptors (Lipinski definition) is 6. The van der Waals surface area contributed by atoms with Gasteiger partial charge in [-0.2, -0.15) is 0 Å². The highest BCUT2D eigenvalue weighted by molar-refractivity contribution is 7.92. The second-order valence-corrected chi connectivity index (χ2v) is 10.1. The molecule has 1 heterocycles. The standard InChI is InChI=1S/C22H26N2O6S/c1-22(2,3)23-20(25)14-30-21(26)17-13-16(9-10-19(17)29-4)31(27,28)24-12-11-15-7-5-6-8-18(15)24/h5-10,13H,11-12,14H2,1-4H3,(H,23,25). The third-order valence-electron chi connectivity index (χ3n) is 4.67. The van der Waals surface area contributed by atoms with Crippen molar-refractivity contribution in [1.82, 2.24) is 5.32 Å². The number of carbonyl (C=O) groups excluding carboxylic acids is 2. The zero-order valence-corrected chi connectivity index (χ0v) is 18.8. The molecule has 166 valence electrons. The molecule has 0 spiro atoms. The minimum atomic E-state index is -3.90. The molecule has 8 nitrogen and oxygen atoms in total. The van der Waals surface area contributed by atoms with Gasteiger partial charge in [0, 0.05) is 12.1 Å². The number of esters is 1. The van der Waals surface area contributed by atoms with Crippen LogP contribution >= 0.6 is 0 Å². The quantitative estimate of drug-likeness (QED) is 0.684. The van der Waals surface area contributed by atoms with Crippen molar-refractivity contribution in [3.8, 4) is 5.75 Å². The number of rotatable bonds is 6. The molecule has 0 unspecified atom stereocenters. The van der Waals surface area contributed by atoms with Gasteiger partial charge in [0.25, 0.3) is 15.9 Å². The Balaban J connectivity index is 1.85. The van der Waals surface area contributed by atoms with Crippen LogP contribution in [0.2, 0.25) is 0 Å². The fraction of sp³-hybridized carbons (Fsp3) is 0.364. The average Bonchev–Trinajstić information content (AvgIpc) is 3.15. The van der Waals surface area contributed by atoms with Crippen LogP contribution in [0.15, 0.2) is 47.4 Å². The van der Waals surface area contributed by atoms with E-state index in [0.29, 0.717) is 18.7 Å². The van der Waals surface area contributed by atoms with E-state index < -0.39 is 34.0 Å². The van der Waals surface area contributed by atoms with Crippen LogP contribution in [-0.4, -0.2) is 46.1 Å². The van der Waals surface area contributed by atoms with Crippen molar-refractivity contribution in [1.29, 1.82) is 0 Å². The molecule has 2 aromatic carbocycles. The number of nitrogens with zero attached hydrogens (tertiary/aromatic N) is 1. The van der Waals surface area contributed by atoms with E-state index in [4.69, 9.17) is 9.47 Å². The van der Waals surface area contributed by atoms with Crippen molar-refractivity contribution >= 4 is 27.6 Å². The Labute approximate surface area is 182 Å². The predicted octanol–water partition coefficient (Wildman–Crippen LogP) is 2.52. The largest absolute Gasteiger partial charge is 0.496 e. The monoisotopic (exact) mass is 446 g/mol. The number of para-hydroxylation sites is 1. The molecule has 9 heteroatoms. The molecule has 0 saturated carbocycles. The molecule has 2 aromatic rings. The Hall–Kier alpha value is -3.07. The molecule has 1 N–H and O–H groups in total. The van der Waals surface area contributed by atoms with Gasteiger partial charge in [0.1, 0.15) is 11.3 Å². The lowest BCUT2D eigenvalue weighted by atomic mass is 10.1. The summed E-state index contributed by atoms with van der Waals surface area (Å²) >= 11 is 0. The van der Waals surface area contributed by atoms with E-state index in [1.54, 1.807) is 32.9 Å². The number of carbonyl (C=O) groups is 2. The summed E-state index contributed by atoms with van der Waals surface area (Å²) in [5, 5.41) is 2.69. The van der Waals surface area contributed by atoms with Gasteiger partial charge in [-0.05, 0) is 57.0 Å². The van der Waals surface area contributed by atoms with Gasteiger partial charge in [-0.1, -0.05) is 18.2 Å². The van der Waals surface area contributed by atoms with E-state index in [1.807, 2.05) is 12.1 Å². The molecule has 0 fully saturated rings. The lowest BCUT2D eigenvalue weighted by Gasteiger charge is -2.21. The van der Waals surface area contributed by atoms with Gasteiger partial charge < -0.3 is 14.8 Å².